The highest BCUT2D eigenvalue weighted by Gasteiger charge is 2.30. The van der Waals surface area contributed by atoms with Gasteiger partial charge in [0.25, 0.3) is 5.91 Å². The van der Waals surface area contributed by atoms with Crippen LogP contribution in [0, 0.1) is 12.7 Å². The van der Waals surface area contributed by atoms with Crippen molar-refractivity contribution in [3.8, 4) is 11.1 Å². The zero-order chi connectivity index (χ0) is 32.6. The molecule has 7 N–H and O–H groups in total. The molecule has 4 rings (SSSR count). The molecule has 1 aromatic carbocycles. The van der Waals surface area contributed by atoms with E-state index in [4.69, 9.17) is 15.9 Å². The van der Waals surface area contributed by atoms with Crippen LogP contribution < -0.4 is 21.7 Å². The summed E-state index contributed by atoms with van der Waals surface area (Å²) >= 11 is 0. The van der Waals surface area contributed by atoms with Crippen LogP contribution in [-0.4, -0.2) is 66.4 Å². The maximum absolute atomic E-state index is 15.0. The Labute approximate surface area is 244 Å². The number of nitrogens with zero attached hydrogens (tertiary/aromatic N) is 4. The van der Waals surface area contributed by atoms with Gasteiger partial charge >= 0.3 is 24.1 Å². The van der Waals surface area contributed by atoms with E-state index in [9.17, 15) is 36.7 Å². The van der Waals surface area contributed by atoms with Crippen LogP contribution in [0.3, 0.4) is 0 Å². The summed E-state index contributed by atoms with van der Waals surface area (Å²) in [5.41, 5.74) is 6.38. The molecule has 0 atom stereocenters. The third kappa shape index (κ3) is 8.96. The third-order valence-electron chi connectivity index (χ3n) is 5.30. The molecule has 0 aliphatic carbocycles. The van der Waals surface area contributed by atoms with E-state index < -0.39 is 42.4 Å². The smallest absolute Gasteiger partial charge is 0.405 e. The van der Waals surface area contributed by atoms with Crippen LogP contribution in [0.2, 0.25) is 0 Å². The van der Waals surface area contributed by atoms with Crippen molar-refractivity contribution >= 4 is 46.7 Å². The zero-order valence-electron chi connectivity index (χ0n) is 22.4. The number of pyridine rings is 1. The molecule has 230 valence electrons. The largest absolute Gasteiger partial charge is 0.478 e. The summed E-state index contributed by atoms with van der Waals surface area (Å²) in [5.74, 6) is -4.28. The Hall–Kier alpha value is -6.07. The van der Waals surface area contributed by atoms with Crippen LogP contribution in [0.15, 0.2) is 61.1 Å². The second-order valence-electron chi connectivity index (χ2n) is 8.60. The number of alkyl halides is 3. The Morgan fingerprint density at radius 1 is 1.05 bits per heavy atom. The number of nitrogens with one attached hydrogen (secondary N) is 3. The number of amides is 3. The summed E-state index contributed by atoms with van der Waals surface area (Å²) in [4.78, 5) is 51.9. The lowest BCUT2D eigenvalue weighted by molar-refractivity contribution is -0.134. The molecule has 3 aromatic heterocycles. The molecule has 14 nitrogen and oxygen atoms in total. The van der Waals surface area contributed by atoms with Crippen molar-refractivity contribution in [2.24, 2.45) is 0 Å². The molecule has 0 radical (unpaired) electrons. The first-order chi connectivity index (χ1) is 20.6. The number of aromatic nitrogens is 4. The van der Waals surface area contributed by atoms with Crippen LogP contribution in [0.1, 0.15) is 16.1 Å². The molecular weight excluding hydrogens is 596 g/mol. The van der Waals surface area contributed by atoms with Crippen LogP contribution >= 0.6 is 0 Å². The number of hydrogen-bond donors (Lipinski definition) is 6. The van der Waals surface area contributed by atoms with E-state index in [1.807, 2.05) is 0 Å². The average Bonchev–Trinajstić information content (AvgIpc) is 3.33. The number of halogens is 4. The minimum atomic E-state index is -4.64. The molecule has 18 heteroatoms. The molecule has 0 spiro atoms. The van der Waals surface area contributed by atoms with Gasteiger partial charge < -0.3 is 26.6 Å². The maximum Gasteiger partial charge on any atom is 0.405 e. The molecule has 44 heavy (non-hydrogen) atoms. The van der Waals surface area contributed by atoms with Crippen molar-refractivity contribution in [3.63, 3.8) is 0 Å². The van der Waals surface area contributed by atoms with Gasteiger partial charge in [-0.1, -0.05) is 12.1 Å². The van der Waals surface area contributed by atoms with Crippen molar-refractivity contribution < 1.29 is 47.0 Å². The number of benzene rings is 1. The van der Waals surface area contributed by atoms with E-state index in [1.165, 1.54) is 18.3 Å². The Bertz CT molecular complexity index is 1740. The molecule has 3 heterocycles. The lowest BCUT2D eigenvalue weighted by Crippen LogP contribution is -2.33. The Kier molecular flexibility index (Phi) is 10.1. The predicted molar refractivity (Wildman–Crippen MR) is 147 cm³/mol. The Morgan fingerprint density at radius 3 is 2.32 bits per heavy atom. The van der Waals surface area contributed by atoms with Gasteiger partial charge in [-0.25, -0.2) is 33.3 Å². The van der Waals surface area contributed by atoms with Crippen LogP contribution in [0.5, 0.6) is 0 Å². The molecule has 0 aliphatic rings. The Balaban J connectivity index is 0.000000583. The maximum atomic E-state index is 15.0. The van der Waals surface area contributed by atoms with Gasteiger partial charge in [-0.15, -0.1) is 0 Å². The first kappa shape index (κ1) is 32.4. The number of carboxylic acid groups (broad SMARTS) is 2. The number of urea groups is 1. The van der Waals surface area contributed by atoms with Gasteiger partial charge in [-0.05, 0) is 36.8 Å². The molecule has 0 saturated carbocycles. The van der Waals surface area contributed by atoms with E-state index in [0.717, 1.165) is 16.9 Å². The normalized spacial score (nSPS) is 11.0. The summed E-state index contributed by atoms with van der Waals surface area (Å²) < 4.78 is 54.0. The van der Waals surface area contributed by atoms with Crippen molar-refractivity contribution in [3.05, 3.63) is 78.1 Å². The van der Waals surface area contributed by atoms with E-state index >= 15 is 0 Å². The fourth-order valence-electron chi connectivity index (χ4n) is 3.57. The zero-order valence-corrected chi connectivity index (χ0v) is 22.4. The predicted octanol–water partition coefficient (Wildman–Crippen LogP) is 3.47. The topological polar surface area (TPSA) is 214 Å². The lowest BCUT2D eigenvalue weighted by atomic mass is 10.0. The van der Waals surface area contributed by atoms with E-state index in [1.54, 1.807) is 30.4 Å². The van der Waals surface area contributed by atoms with E-state index in [-0.39, 0.29) is 39.5 Å². The first-order valence-electron chi connectivity index (χ1n) is 12.1. The number of nitrogens with two attached hydrogens (primary N) is 1. The molecule has 4 aromatic rings. The summed E-state index contributed by atoms with van der Waals surface area (Å²) in [6, 6.07) is 7.83. The fourth-order valence-corrected chi connectivity index (χ4v) is 3.57. The van der Waals surface area contributed by atoms with Crippen molar-refractivity contribution in [1.29, 1.82) is 0 Å². The van der Waals surface area contributed by atoms with E-state index in [0.29, 0.717) is 17.8 Å². The number of anilines is 3. The molecule has 3 amide bonds. The number of aryl methyl sites for hydroxylation is 1. The molecule has 0 fully saturated rings. The SMILES string of the molecule is Cc1cccc(NC(=O)Nc2ccc(-c3c(C(=O)NCC(F)(F)F)cn4ncnc(N)c34)cc2F)n1.O=C(O)C=CC(=O)O. The number of carbonyl (C=O) groups excluding carboxylic acids is 2. The number of hydrogen-bond acceptors (Lipinski definition) is 8. The third-order valence-corrected chi connectivity index (χ3v) is 5.30. The molecule has 0 unspecified atom stereocenters. The number of fused-ring (bicyclic) bond motifs is 1. The highest BCUT2D eigenvalue weighted by molar-refractivity contribution is 6.07. The second kappa shape index (κ2) is 13.7. The van der Waals surface area contributed by atoms with E-state index in [2.05, 4.69) is 25.7 Å². The summed E-state index contributed by atoms with van der Waals surface area (Å²) in [6.45, 7) is 0.170. The quantitative estimate of drug-likeness (QED) is 0.131. The Morgan fingerprint density at radius 2 is 1.73 bits per heavy atom. The fraction of sp³-hybridized carbons (Fsp3) is 0.115. The highest BCUT2D eigenvalue weighted by atomic mass is 19.4. The van der Waals surface area contributed by atoms with Gasteiger partial charge in [0.2, 0.25) is 0 Å². The number of carbonyl (C=O) groups is 4. The number of aliphatic carboxylic acids is 2. The minimum absolute atomic E-state index is 0.0200. The summed E-state index contributed by atoms with van der Waals surface area (Å²) in [5, 5.41) is 26.1. The molecule has 0 saturated heterocycles. The molecular formula is C26H22F4N8O6. The van der Waals surface area contributed by atoms with Crippen molar-refractivity contribution in [2.45, 2.75) is 13.1 Å². The number of carboxylic acids is 2. The van der Waals surface area contributed by atoms with Crippen molar-refractivity contribution in [2.75, 3.05) is 22.9 Å². The first-order valence-corrected chi connectivity index (χ1v) is 12.1. The summed E-state index contributed by atoms with van der Waals surface area (Å²) in [7, 11) is 0. The second-order valence-corrected chi connectivity index (χ2v) is 8.60. The molecule has 0 aliphatic heterocycles. The van der Waals surface area contributed by atoms with Crippen LogP contribution in [0.25, 0.3) is 16.6 Å². The standard InChI is InChI=1S/C22H18F4N8O2.C4H4O4/c1-11-3-2-4-16(31-11)33-21(36)32-15-6-5-12(7-14(15)23)17-13(20(35)28-9-22(24,25)26)8-34-18(17)19(27)29-10-30-34;5-3(6)1-2-4(7)8/h2-8,10H,9H2,1H3,(H,28,35)(H2,27,29,30)(H2,31,32,33,36);1-2H,(H,5,6)(H,7,8). The van der Waals surface area contributed by atoms with Gasteiger partial charge in [0.1, 0.15) is 30.0 Å². The monoisotopic (exact) mass is 618 g/mol. The number of rotatable bonds is 7. The van der Waals surface area contributed by atoms with Gasteiger partial charge in [0, 0.05) is 29.6 Å². The lowest BCUT2D eigenvalue weighted by Gasteiger charge is -2.11. The summed E-state index contributed by atoms with van der Waals surface area (Å²) in [6.07, 6.45) is -1.26. The highest BCUT2D eigenvalue weighted by Crippen LogP contribution is 2.34. The molecule has 0 bridgehead atoms. The van der Waals surface area contributed by atoms with Crippen LogP contribution in [0.4, 0.5) is 39.7 Å². The van der Waals surface area contributed by atoms with Gasteiger partial charge in [0.05, 0.1) is 11.3 Å². The number of nitrogen functional groups attached to an aromatic ring is 1. The van der Waals surface area contributed by atoms with Gasteiger partial charge in [-0.2, -0.15) is 18.3 Å². The van der Waals surface area contributed by atoms with Gasteiger partial charge in [-0.3, -0.25) is 10.1 Å². The minimum Gasteiger partial charge on any atom is -0.478 e. The average molecular weight is 619 g/mol. The van der Waals surface area contributed by atoms with Gasteiger partial charge in [0.15, 0.2) is 5.82 Å². The van der Waals surface area contributed by atoms with Crippen molar-refractivity contribution in [1.82, 2.24) is 24.9 Å². The van der Waals surface area contributed by atoms with Crippen LogP contribution in [-0.2, 0) is 9.59 Å².